The predicted molar refractivity (Wildman–Crippen MR) is 104 cm³/mol. The molecule has 2 heterocycles. The highest BCUT2D eigenvalue weighted by atomic mass is 35.5. The summed E-state index contributed by atoms with van der Waals surface area (Å²) in [5.41, 5.74) is 4.09. The molecule has 0 aliphatic heterocycles. The first-order valence-electron chi connectivity index (χ1n) is 8.25. The molecule has 0 fully saturated rings. The van der Waals surface area contributed by atoms with Gasteiger partial charge in [-0.05, 0) is 30.2 Å². The Morgan fingerprint density at radius 1 is 1.08 bits per heavy atom. The van der Waals surface area contributed by atoms with E-state index in [-0.39, 0.29) is 0 Å². The van der Waals surface area contributed by atoms with E-state index in [4.69, 9.17) is 16.6 Å². The maximum Gasteiger partial charge on any atom is 0.211 e. The molecule has 0 aliphatic rings. The number of thioether (sulfide) groups is 1. The lowest BCUT2D eigenvalue weighted by Gasteiger charge is -2.05. The summed E-state index contributed by atoms with van der Waals surface area (Å²) in [6, 6.07) is 16.1. The number of aryl methyl sites for hydroxylation is 1. The first-order chi connectivity index (χ1) is 12.3. The van der Waals surface area contributed by atoms with Gasteiger partial charge in [-0.25, -0.2) is 4.98 Å². The highest BCUT2D eigenvalue weighted by Crippen LogP contribution is 2.28. The lowest BCUT2D eigenvalue weighted by molar-refractivity contribution is 0.709. The van der Waals surface area contributed by atoms with Crippen molar-refractivity contribution in [2.24, 2.45) is 0 Å². The van der Waals surface area contributed by atoms with E-state index in [1.807, 2.05) is 24.3 Å². The van der Waals surface area contributed by atoms with Crippen molar-refractivity contribution in [1.82, 2.24) is 19.7 Å². The minimum atomic E-state index is 0.688. The van der Waals surface area contributed by atoms with Crippen LogP contribution in [0.1, 0.15) is 18.9 Å². The molecule has 2 aromatic heterocycles. The minimum Gasteiger partial charge on any atom is -0.324 e. The van der Waals surface area contributed by atoms with Crippen molar-refractivity contribution < 1.29 is 0 Å². The smallest absolute Gasteiger partial charge is 0.211 e. The zero-order chi connectivity index (χ0) is 17.2. The molecule has 25 heavy (non-hydrogen) atoms. The second kappa shape index (κ2) is 7.02. The Hall–Kier alpha value is -2.11. The van der Waals surface area contributed by atoms with Crippen LogP contribution in [0.3, 0.4) is 0 Å². The van der Waals surface area contributed by atoms with Gasteiger partial charge in [0.05, 0.1) is 5.52 Å². The Morgan fingerprint density at radius 2 is 1.96 bits per heavy atom. The monoisotopic (exact) mass is 368 g/mol. The number of nitrogens with zero attached hydrogens (tertiary/aromatic N) is 4. The molecule has 0 unspecified atom stereocenters. The van der Waals surface area contributed by atoms with Gasteiger partial charge in [-0.2, -0.15) is 0 Å². The maximum absolute atomic E-state index is 6.05. The molecule has 0 spiro atoms. The molecule has 0 atom stereocenters. The molecule has 0 saturated carbocycles. The van der Waals surface area contributed by atoms with Gasteiger partial charge in [0.15, 0.2) is 5.65 Å². The molecule has 4 nitrogen and oxygen atoms in total. The molecule has 6 heteroatoms. The van der Waals surface area contributed by atoms with Crippen molar-refractivity contribution >= 4 is 45.4 Å². The van der Waals surface area contributed by atoms with Gasteiger partial charge in [0, 0.05) is 22.7 Å². The average molecular weight is 369 g/mol. The lowest BCUT2D eigenvalue weighted by atomic mass is 10.2. The number of fused-ring (bicyclic) bond motifs is 3. The summed E-state index contributed by atoms with van der Waals surface area (Å²) in [6.45, 7) is 3.09. The van der Waals surface area contributed by atoms with Crippen LogP contribution >= 0.6 is 23.4 Å². The van der Waals surface area contributed by atoms with E-state index >= 15 is 0 Å². The summed E-state index contributed by atoms with van der Waals surface area (Å²) in [4.78, 5) is 4.79. The Labute approximate surface area is 155 Å². The number of hydrogen-bond acceptors (Lipinski definition) is 4. The minimum absolute atomic E-state index is 0.688. The Morgan fingerprint density at radius 3 is 2.80 bits per heavy atom. The molecule has 0 aliphatic carbocycles. The van der Waals surface area contributed by atoms with E-state index in [1.54, 1.807) is 11.8 Å². The third kappa shape index (κ3) is 3.22. The standard InChI is InChI=1S/C19H17ClN4S/c1-2-10-24-16-9-4-3-8-15(16)17-18(24)21-19(23-22-17)25-12-13-6-5-7-14(20)11-13/h3-9,11H,2,10,12H2,1H3. The normalized spacial score (nSPS) is 11.4. The van der Waals surface area contributed by atoms with Gasteiger partial charge in [0.2, 0.25) is 5.16 Å². The first kappa shape index (κ1) is 16.4. The van der Waals surface area contributed by atoms with Crippen LogP contribution in [-0.4, -0.2) is 19.7 Å². The van der Waals surface area contributed by atoms with E-state index in [0.29, 0.717) is 5.16 Å². The topological polar surface area (TPSA) is 43.6 Å². The van der Waals surface area contributed by atoms with Crippen LogP contribution in [0.2, 0.25) is 5.02 Å². The van der Waals surface area contributed by atoms with Crippen LogP contribution in [0.25, 0.3) is 22.1 Å². The SMILES string of the molecule is CCCn1c2ccccc2c2nnc(SCc3cccc(Cl)c3)nc21. The quantitative estimate of drug-likeness (QED) is 0.446. The van der Waals surface area contributed by atoms with Crippen LogP contribution < -0.4 is 0 Å². The molecular weight excluding hydrogens is 352 g/mol. The number of aromatic nitrogens is 4. The van der Waals surface area contributed by atoms with Crippen LogP contribution in [0.15, 0.2) is 53.7 Å². The van der Waals surface area contributed by atoms with Crippen LogP contribution in [0.4, 0.5) is 0 Å². The third-order valence-corrected chi connectivity index (χ3v) is 5.20. The Bertz CT molecular complexity index is 1040. The zero-order valence-corrected chi connectivity index (χ0v) is 15.4. The molecule has 4 rings (SSSR count). The Kier molecular flexibility index (Phi) is 4.59. The van der Waals surface area contributed by atoms with Gasteiger partial charge in [-0.15, -0.1) is 10.2 Å². The lowest BCUT2D eigenvalue weighted by Crippen LogP contribution is -2.00. The van der Waals surface area contributed by atoms with Gasteiger partial charge in [0.25, 0.3) is 0 Å². The molecule has 0 radical (unpaired) electrons. The van der Waals surface area contributed by atoms with Crippen molar-refractivity contribution in [3.63, 3.8) is 0 Å². The second-order valence-corrected chi connectivity index (χ2v) is 7.23. The fourth-order valence-electron chi connectivity index (χ4n) is 2.97. The fourth-order valence-corrected chi connectivity index (χ4v) is 3.91. The number of benzene rings is 2. The fraction of sp³-hybridized carbons (Fsp3) is 0.211. The van der Waals surface area contributed by atoms with Crippen LogP contribution in [0, 0.1) is 0 Å². The van der Waals surface area contributed by atoms with E-state index < -0.39 is 0 Å². The van der Waals surface area contributed by atoms with Crippen molar-refractivity contribution in [2.45, 2.75) is 30.8 Å². The van der Waals surface area contributed by atoms with Gasteiger partial charge in [0.1, 0.15) is 5.52 Å². The molecule has 0 N–H and O–H groups in total. The van der Waals surface area contributed by atoms with E-state index in [9.17, 15) is 0 Å². The number of para-hydroxylation sites is 1. The zero-order valence-electron chi connectivity index (χ0n) is 13.8. The number of hydrogen-bond donors (Lipinski definition) is 0. The summed E-state index contributed by atoms with van der Waals surface area (Å²) >= 11 is 7.63. The molecular formula is C19H17ClN4S. The number of halogens is 1. The van der Waals surface area contributed by atoms with Gasteiger partial charge >= 0.3 is 0 Å². The van der Waals surface area contributed by atoms with Crippen molar-refractivity contribution in [2.75, 3.05) is 0 Å². The molecule has 126 valence electrons. The second-order valence-electron chi connectivity index (χ2n) is 5.85. The van der Waals surface area contributed by atoms with E-state index in [1.165, 1.54) is 0 Å². The van der Waals surface area contributed by atoms with Gasteiger partial charge < -0.3 is 4.57 Å². The third-order valence-electron chi connectivity index (χ3n) is 4.06. The summed E-state index contributed by atoms with van der Waals surface area (Å²) in [7, 11) is 0. The average Bonchev–Trinajstić information content (AvgIpc) is 2.94. The summed E-state index contributed by atoms with van der Waals surface area (Å²) < 4.78 is 2.24. The van der Waals surface area contributed by atoms with Crippen LogP contribution in [-0.2, 0) is 12.3 Å². The van der Waals surface area contributed by atoms with E-state index in [0.717, 1.165) is 51.4 Å². The van der Waals surface area contributed by atoms with Crippen molar-refractivity contribution in [3.05, 3.63) is 59.1 Å². The van der Waals surface area contributed by atoms with Gasteiger partial charge in [-0.1, -0.05) is 60.6 Å². The first-order valence-corrected chi connectivity index (χ1v) is 9.61. The highest BCUT2D eigenvalue weighted by Gasteiger charge is 2.14. The van der Waals surface area contributed by atoms with Gasteiger partial charge in [-0.3, -0.25) is 0 Å². The number of rotatable bonds is 5. The molecule has 4 aromatic rings. The maximum atomic E-state index is 6.05. The molecule has 0 saturated heterocycles. The van der Waals surface area contributed by atoms with Crippen molar-refractivity contribution in [3.8, 4) is 0 Å². The molecule has 0 amide bonds. The summed E-state index contributed by atoms with van der Waals surface area (Å²) in [5, 5.41) is 11.3. The van der Waals surface area contributed by atoms with Crippen LogP contribution in [0.5, 0.6) is 0 Å². The molecule has 0 bridgehead atoms. The summed E-state index contributed by atoms with van der Waals surface area (Å²) in [5.74, 6) is 0.766. The Balaban J connectivity index is 1.71. The van der Waals surface area contributed by atoms with E-state index in [2.05, 4.69) is 46.0 Å². The van der Waals surface area contributed by atoms with Crippen molar-refractivity contribution in [1.29, 1.82) is 0 Å². The summed E-state index contributed by atoms with van der Waals surface area (Å²) in [6.07, 6.45) is 1.04. The predicted octanol–water partition coefficient (Wildman–Crippen LogP) is 5.34. The largest absolute Gasteiger partial charge is 0.324 e. The molecule has 2 aromatic carbocycles. The highest BCUT2D eigenvalue weighted by molar-refractivity contribution is 7.98.